The standard InChI is InChI=1S/C18H22N4O5S3/c1-7-20-21-13(30-7)12(28)9-6-29-15-10(19)14(23)22(15)11(9)16(24)26-8(2)27-17(25)18(3,4)5/h8,10,15H,6,19H2,1-5H3/t8?,10?,15-/m0/s1. The van der Waals surface area contributed by atoms with Crippen LogP contribution in [0.3, 0.4) is 0 Å². The zero-order chi connectivity index (χ0) is 22.4. The van der Waals surface area contributed by atoms with Gasteiger partial charge >= 0.3 is 11.9 Å². The van der Waals surface area contributed by atoms with Gasteiger partial charge in [0.05, 0.1) is 10.3 Å². The summed E-state index contributed by atoms with van der Waals surface area (Å²) in [5.74, 6) is -1.36. The summed E-state index contributed by atoms with van der Waals surface area (Å²) in [6, 6.07) is -0.701. The van der Waals surface area contributed by atoms with E-state index >= 15 is 0 Å². The van der Waals surface area contributed by atoms with Gasteiger partial charge in [0.2, 0.25) is 12.2 Å². The van der Waals surface area contributed by atoms with Gasteiger partial charge in [-0.05, 0) is 27.7 Å². The van der Waals surface area contributed by atoms with Crippen LogP contribution in [0.25, 0.3) is 0 Å². The number of hydrogen-bond donors (Lipinski definition) is 1. The molecule has 162 valence electrons. The zero-order valence-electron chi connectivity index (χ0n) is 17.1. The summed E-state index contributed by atoms with van der Waals surface area (Å²) < 4.78 is 10.5. The highest BCUT2D eigenvalue weighted by Gasteiger charge is 2.53. The number of nitrogens with two attached hydrogens (primary N) is 1. The van der Waals surface area contributed by atoms with Crippen LogP contribution >= 0.6 is 35.3 Å². The topological polar surface area (TPSA) is 125 Å². The van der Waals surface area contributed by atoms with Gasteiger partial charge in [-0.1, -0.05) is 23.6 Å². The highest BCUT2D eigenvalue weighted by Crippen LogP contribution is 2.41. The fraction of sp³-hybridized carbons (Fsp3) is 0.556. The molecule has 2 N–H and O–H groups in total. The smallest absolute Gasteiger partial charge is 0.358 e. The first-order valence-electron chi connectivity index (χ1n) is 9.12. The van der Waals surface area contributed by atoms with Crippen molar-refractivity contribution in [2.45, 2.75) is 52.3 Å². The lowest BCUT2D eigenvalue weighted by molar-refractivity contribution is -0.189. The molecule has 0 saturated carbocycles. The number of carbonyl (C=O) groups excluding carboxylic acids is 3. The van der Waals surface area contributed by atoms with Crippen LogP contribution in [-0.4, -0.2) is 61.3 Å². The first kappa shape index (κ1) is 22.8. The number of thioether (sulfide) groups is 1. The molecule has 0 radical (unpaired) electrons. The molecule has 1 fully saturated rings. The van der Waals surface area contributed by atoms with Crippen LogP contribution in [0.5, 0.6) is 0 Å². The van der Waals surface area contributed by atoms with Crippen molar-refractivity contribution in [3.63, 3.8) is 0 Å². The number of aryl methyl sites for hydroxylation is 1. The van der Waals surface area contributed by atoms with Gasteiger partial charge in [-0.3, -0.25) is 14.5 Å². The van der Waals surface area contributed by atoms with E-state index in [1.54, 1.807) is 27.7 Å². The van der Waals surface area contributed by atoms with E-state index in [0.717, 1.165) is 5.01 Å². The molecule has 0 bridgehead atoms. The molecule has 3 heterocycles. The summed E-state index contributed by atoms with van der Waals surface area (Å²) in [5, 5.41) is 8.82. The van der Waals surface area contributed by atoms with E-state index in [0.29, 0.717) is 21.2 Å². The fourth-order valence-corrected chi connectivity index (χ4v) is 5.14. The Hall–Kier alpha value is -1.89. The molecule has 1 aromatic rings. The van der Waals surface area contributed by atoms with E-state index in [1.165, 1.54) is 34.9 Å². The number of rotatable bonds is 5. The molecule has 2 aliphatic rings. The summed E-state index contributed by atoms with van der Waals surface area (Å²) in [6.07, 6.45) is -1.14. The van der Waals surface area contributed by atoms with E-state index in [9.17, 15) is 14.4 Å². The number of ether oxygens (including phenoxy) is 2. The highest BCUT2D eigenvalue weighted by molar-refractivity contribution is 8.00. The van der Waals surface area contributed by atoms with Gasteiger partial charge in [0.1, 0.15) is 22.1 Å². The molecule has 9 nitrogen and oxygen atoms in total. The van der Waals surface area contributed by atoms with Crippen molar-refractivity contribution in [2.24, 2.45) is 11.1 Å². The second kappa shape index (κ2) is 8.33. The number of fused-ring (bicyclic) bond motifs is 1. The van der Waals surface area contributed by atoms with Gasteiger partial charge in [0.25, 0.3) is 0 Å². The number of β-lactam (4-membered cyclic amide) rings is 1. The van der Waals surface area contributed by atoms with Gasteiger partial charge in [0, 0.05) is 18.2 Å². The predicted molar refractivity (Wildman–Crippen MR) is 116 cm³/mol. The van der Waals surface area contributed by atoms with Crippen LogP contribution in [0.1, 0.15) is 37.7 Å². The van der Waals surface area contributed by atoms with Gasteiger partial charge in [-0.2, -0.15) is 0 Å². The number of carbonyl (C=O) groups is 3. The number of amides is 1. The maximum Gasteiger partial charge on any atom is 0.358 e. The number of thiocarbonyl (C=S) groups is 1. The Bertz CT molecular complexity index is 952. The number of aromatic nitrogens is 2. The minimum Gasteiger partial charge on any atom is -0.425 e. The molecule has 3 atom stereocenters. The third kappa shape index (κ3) is 4.27. The Morgan fingerprint density at radius 2 is 1.97 bits per heavy atom. The molecule has 0 spiro atoms. The molecule has 2 unspecified atom stereocenters. The Labute approximate surface area is 187 Å². The average Bonchev–Trinajstić information content (AvgIpc) is 3.10. The lowest BCUT2D eigenvalue weighted by Crippen LogP contribution is -2.68. The largest absolute Gasteiger partial charge is 0.425 e. The second-order valence-electron chi connectivity index (χ2n) is 7.85. The van der Waals surface area contributed by atoms with Crippen LogP contribution < -0.4 is 5.73 Å². The molecule has 1 saturated heterocycles. The maximum absolute atomic E-state index is 13.0. The second-order valence-corrected chi connectivity index (χ2v) is 10.5. The predicted octanol–water partition coefficient (Wildman–Crippen LogP) is 1.54. The van der Waals surface area contributed by atoms with Crippen molar-refractivity contribution in [2.75, 3.05) is 5.75 Å². The van der Waals surface area contributed by atoms with Crippen LogP contribution in [0.4, 0.5) is 0 Å². The molecule has 30 heavy (non-hydrogen) atoms. The van der Waals surface area contributed by atoms with Crippen LogP contribution in [0, 0.1) is 12.3 Å². The highest BCUT2D eigenvalue weighted by atomic mass is 32.2. The van der Waals surface area contributed by atoms with E-state index in [-0.39, 0.29) is 11.1 Å². The lowest BCUT2D eigenvalue weighted by atomic mass is 9.97. The SMILES string of the molecule is Cc1nnc(C(=S)C2=C(C(=O)OC(C)OC(=O)C(C)(C)C)N3C(=O)C(N)[C@@H]3SC2)s1. The Kier molecular flexibility index (Phi) is 6.33. The van der Waals surface area contributed by atoms with E-state index in [4.69, 9.17) is 27.4 Å². The molecule has 0 aliphatic carbocycles. The Morgan fingerprint density at radius 1 is 1.30 bits per heavy atom. The van der Waals surface area contributed by atoms with Gasteiger partial charge in [0.15, 0.2) is 5.01 Å². The van der Waals surface area contributed by atoms with Crippen LogP contribution in [-0.2, 0) is 23.9 Å². The molecule has 12 heteroatoms. The molecular weight excluding hydrogens is 448 g/mol. The van der Waals surface area contributed by atoms with Crippen molar-refractivity contribution >= 4 is 58.0 Å². The zero-order valence-corrected chi connectivity index (χ0v) is 19.6. The number of hydrogen-bond acceptors (Lipinski definition) is 11. The summed E-state index contributed by atoms with van der Waals surface area (Å²) >= 11 is 8.25. The number of esters is 2. The molecule has 1 amide bonds. The molecule has 3 rings (SSSR count). The minimum absolute atomic E-state index is 0.0157. The first-order chi connectivity index (χ1) is 13.9. The van der Waals surface area contributed by atoms with Crippen molar-refractivity contribution in [3.05, 3.63) is 21.3 Å². The average molecular weight is 471 g/mol. The summed E-state index contributed by atoms with van der Waals surface area (Å²) in [7, 11) is 0. The van der Waals surface area contributed by atoms with Crippen molar-refractivity contribution in [1.29, 1.82) is 0 Å². The van der Waals surface area contributed by atoms with E-state index < -0.39 is 35.6 Å². The van der Waals surface area contributed by atoms with Gasteiger partial charge in [-0.15, -0.1) is 22.0 Å². The monoisotopic (exact) mass is 470 g/mol. The third-order valence-electron chi connectivity index (χ3n) is 4.36. The van der Waals surface area contributed by atoms with Crippen molar-refractivity contribution < 1.29 is 23.9 Å². The third-order valence-corrected chi connectivity index (χ3v) is 7.08. The normalized spacial score (nSPS) is 22.2. The van der Waals surface area contributed by atoms with E-state index in [1.807, 2.05) is 0 Å². The summed E-state index contributed by atoms with van der Waals surface area (Å²) in [4.78, 5) is 39.1. The Morgan fingerprint density at radius 3 is 2.53 bits per heavy atom. The van der Waals surface area contributed by atoms with Gasteiger partial charge < -0.3 is 15.2 Å². The molecular formula is C18H22N4O5S3. The maximum atomic E-state index is 13.0. The number of nitrogens with zero attached hydrogens (tertiary/aromatic N) is 3. The minimum atomic E-state index is -1.14. The first-order valence-corrected chi connectivity index (χ1v) is 11.4. The molecule has 0 aromatic carbocycles. The lowest BCUT2D eigenvalue weighted by Gasteiger charge is -2.48. The van der Waals surface area contributed by atoms with Crippen molar-refractivity contribution in [3.8, 4) is 0 Å². The van der Waals surface area contributed by atoms with Crippen LogP contribution in [0.15, 0.2) is 11.3 Å². The van der Waals surface area contributed by atoms with Crippen LogP contribution in [0.2, 0.25) is 0 Å². The van der Waals surface area contributed by atoms with Crippen molar-refractivity contribution in [1.82, 2.24) is 15.1 Å². The molecule has 2 aliphatic heterocycles. The Balaban J connectivity index is 1.89. The quantitative estimate of drug-likeness (QED) is 0.223. The van der Waals surface area contributed by atoms with Gasteiger partial charge in [-0.25, -0.2) is 4.79 Å². The van der Waals surface area contributed by atoms with E-state index in [2.05, 4.69) is 10.2 Å². The fourth-order valence-electron chi connectivity index (χ4n) is 2.75. The summed E-state index contributed by atoms with van der Waals surface area (Å²) in [6.45, 7) is 8.30. The molecule has 1 aromatic heterocycles. The summed E-state index contributed by atoms with van der Waals surface area (Å²) in [5.41, 5.74) is 5.59.